The lowest BCUT2D eigenvalue weighted by Gasteiger charge is -1.97. The number of aromatic nitrogens is 3. The van der Waals surface area contributed by atoms with E-state index in [1.807, 2.05) is 0 Å². The van der Waals surface area contributed by atoms with Gasteiger partial charge in [-0.15, -0.1) is 21.5 Å². The molecule has 0 saturated carbocycles. The fourth-order valence-corrected chi connectivity index (χ4v) is 2.27. The standard InChI is InChI=1S/C11H9N3O4S/c1-5(15)9-8(11(16)17)12-10(19-9)6-3-4-7(18-2)14-13-6/h3-4H,1-2H3,(H,16,17). The molecule has 0 spiro atoms. The molecule has 8 heteroatoms. The zero-order valence-corrected chi connectivity index (χ0v) is 10.9. The summed E-state index contributed by atoms with van der Waals surface area (Å²) in [7, 11) is 1.46. The van der Waals surface area contributed by atoms with Gasteiger partial charge in [-0.1, -0.05) is 0 Å². The number of hydrogen-bond acceptors (Lipinski definition) is 7. The number of methoxy groups -OCH3 is 1. The van der Waals surface area contributed by atoms with Crippen LogP contribution in [0.1, 0.15) is 27.1 Å². The minimum absolute atomic E-state index is 0.0973. The molecule has 0 atom stereocenters. The number of aromatic carboxylic acids is 1. The summed E-state index contributed by atoms with van der Waals surface area (Å²) in [5.74, 6) is -1.25. The van der Waals surface area contributed by atoms with E-state index in [0.717, 1.165) is 11.3 Å². The lowest BCUT2D eigenvalue weighted by molar-refractivity contribution is 0.0687. The average Bonchev–Trinajstić information content (AvgIpc) is 2.84. The number of carboxylic acids is 1. The van der Waals surface area contributed by atoms with Crippen LogP contribution in [-0.2, 0) is 0 Å². The maximum atomic E-state index is 11.4. The second kappa shape index (κ2) is 5.11. The number of hydrogen-bond donors (Lipinski definition) is 1. The fraction of sp³-hybridized carbons (Fsp3) is 0.182. The fourth-order valence-electron chi connectivity index (χ4n) is 1.36. The van der Waals surface area contributed by atoms with Crippen molar-refractivity contribution in [2.45, 2.75) is 6.92 Å². The Bertz CT molecular complexity index is 604. The Labute approximate surface area is 111 Å². The highest BCUT2D eigenvalue weighted by Gasteiger charge is 2.21. The normalized spacial score (nSPS) is 10.2. The summed E-state index contributed by atoms with van der Waals surface area (Å²) in [6.07, 6.45) is 0. The van der Waals surface area contributed by atoms with E-state index in [0.29, 0.717) is 16.6 Å². The van der Waals surface area contributed by atoms with Gasteiger partial charge in [0.15, 0.2) is 11.5 Å². The molecule has 0 aliphatic rings. The molecule has 2 rings (SSSR count). The van der Waals surface area contributed by atoms with Crippen molar-refractivity contribution in [1.82, 2.24) is 15.2 Å². The van der Waals surface area contributed by atoms with E-state index in [1.165, 1.54) is 14.0 Å². The largest absolute Gasteiger partial charge is 0.480 e. The van der Waals surface area contributed by atoms with Crippen LogP contribution in [0.2, 0.25) is 0 Å². The van der Waals surface area contributed by atoms with Crippen molar-refractivity contribution >= 4 is 23.1 Å². The van der Waals surface area contributed by atoms with Crippen LogP contribution in [-0.4, -0.2) is 39.2 Å². The SMILES string of the molecule is COc1ccc(-c2nc(C(=O)O)c(C(C)=O)s2)nn1. The maximum Gasteiger partial charge on any atom is 0.356 e. The molecule has 0 radical (unpaired) electrons. The number of carboxylic acid groups (broad SMARTS) is 1. The topological polar surface area (TPSA) is 102 Å². The van der Waals surface area contributed by atoms with Crippen LogP contribution in [0.5, 0.6) is 5.88 Å². The van der Waals surface area contributed by atoms with Gasteiger partial charge >= 0.3 is 5.97 Å². The van der Waals surface area contributed by atoms with E-state index in [9.17, 15) is 9.59 Å². The van der Waals surface area contributed by atoms with Crippen LogP contribution < -0.4 is 4.74 Å². The summed E-state index contributed by atoms with van der Waals surface area (Å²) in [6, 6.07) is 3.18. The van der Waals surface area contributed by atoms with E-state index in [-0.39, 0.29) is 16.4 Å². The molecular weight excluding hydrogens is 270 g/mol. The molecule has 2 aromatic rings. The second-order valence-electron chi connectivity index (χ2n) is 3.52. The molecule has 0 fully saturated rings. The van der Waals surface area contributed by atoms with Gasteiger partial charge in [-0.05, 0) is 6.07 Å². The summed E-state index contributed by atoms with van der Waals surface area (Å²) >= 11 is 0.978. The summed E-state index contributed by atoms with van der Waals surface area (Å²) in [4.78, 5) is 26.4. The molecule has 19 heavy (non-hydrogen) atoms. The van der Waals surface area contributed by atoms with Gasteiger partial charge in [0.05, 0.1) is 7.11 Å². The molecule has 0 aliphatic carbocycles. The van der Waals surface area contributed by atoms with E-state index in [1.54, 1.807) is 12.1 Å². The number of Topliss-reactive ketones (excluding diaryl/α,β-unsaturated/α-hetero) is 1. The Balaban J connectivity index is 2.47. The van der Waals surface area contributed by atoms with Crippen molar-refractivity contribution in [2.24, 2.45) is 0 Å². The number of rotatable bonds is 4. The predicted octanol–water partition coefficient (Wildman–Crippen LogP) is 1.51. The van der Waals surface area contributed by atoms with Crippen LogP contribution in [0, 0.1) is 0 Å². The molecule has 0 aliphatic heterocycles. The van der Waals surface area contributed by atoms with Crippen LogP contribution in [0.15, 0.2) is 12.1 Å². The minimum Gasteiger partial charge on any atom is -0.480 e. The molecule has 0 aromatic carbocycles. The molecule has 98 valence electrons. The first-order valence-corrected chi connectivity index (χ1v) is 5.97. The molecule has 1 N–H and O–H groups in total. The van der Waals surface area contributed by atoms with Crippen molar-refractivity contribution in [3.63, 3.8) is 0 Å². The lowest BCUT2D eigenvalue weighted by Crippen LogP contribution is -2.03. The van der Waals surface area contributed by atoms with Gasteiger partial charge in [-0.25, -0.2) is 9.78 Å². The molecule has 0 bridgehead atoms. The van der Waals surface area contributed by atoms with Gasteiger partial charge in [-0.2, -0.15) is 0 Å². The summed E-state index contributed by atoms with van der Waals surface area (Å²) < 4.78 is 4.87. The Kier molecular flexibility index (Phi) is 3.52. The highest BCUT2D eigenvalue weighted by molar-refractivity contribution is 7.17. The number of ketones is 1. The predicted molar refractivity (Wildman–Crippen MR) is 66.7 cm³/mol. The number of ether oxygens (including phenoxy) is 1. The Morgan fingerprint density at radius 3 is 2.47 bits per heavy atom. The monoisotopic (exact) mass is 279 g/mol. The number of carbonyl (C=O) groups excluding carboxylic acids is 1. The highest BCUT2D eigenvalue weighted by atomic mass is 32.1. The van der Waals surface area contributed by atoms with Gasteiger partial charge in [0.2, 0.25) is 5.88 Å². The number of thiazole rings is 1. The molecular formula is C11H9N3O4S. The Morgan fingerprint density at radius 2 is 2.05 bits per heavy atom. The van der Waals surface area contributed by atoms with Crippen molar-refractivity contribution in [3.8, 4) is 16.6 Å². The van der Waals surface area contributed by atoms with Crippen molar-refractivity contribution in [1.29, 1.82) is 0 Å². The van der Waals surface area contributed by atoms with Gasteiger partial charge in [0, 0.05) is 13.0 Å². The van der Waals surface area contributed by atoms with E-state index >= 15 is 0 Å². The maximum absolute atomic E-state index is 11.4. The van der Waals surface area contributed by atoms with Gasteiger partial charge in [0.25, 0.3) is 0 Å². The van der Waals surface area contributed by atoms with Gasteiger partial charge in [0.1, 0.15) is 15.6 Å². The zero-order valence-electron chi connectivity index (χ0n) is 10.1. The summed E-state index contributed by atoms with van der Waals surface area (Å²) in [6.45, 7) is 1.30. The lowest BCUT2D eigenvalue weighted by atomic mass is 10.3. The Morgan fingerprint density at radius 1 is 1.32 bits per heavy atom. The molecule has 2 aromatic heterocycles. The van der Waals surface area contributed by atoms with E-state index in [4.69, 9.17) is 9.84 Å². The zero-order chi connectivity index (χ0) is 14.0. The van der Waals surface area contributed by atoms with E-state index in [2.05, 4.69) is 15.2 Å². The van der Waals surface area contributed by atoms with Gasteiger partial charge in [-0.3, -0.25) is 4.79 Å². The number of nitrogens with zero attached hydrogens (tertiary/aromatic N) is 3. The molecule has 0 unspecified atom stereocenters. The molecule has 0 amide bonds. The molecule has 0 saturated heterocycles. The molecule has 2 heterocycles. The summed E-state index contributed by atoms with van der Waals surface area (Å²) in [5.41, 5.74) is 0.130. The third kappa shape index (κ3) is 2.58. The smallest absolute Gasteiger partial charge is 0.356 e. The molecule has 7 nitrogen and oxygen atoms in total. The van der Waals surface area contributed by atoms with Crippen LogP contribution >= 0.6 is 11.3 Å². The van der Waals surface area contributed by atoms with E-state index < -0.39 is 5.97 Å². The minimum atomic E-state index is -1.24. The first kappa shape index (κ1) is 13.1. The first-order chi connectivity index (χ1) is 9.02. The summed E-state index contributed by atoms with van der Waals surface area (Å²) in [5, 5.41) is 16.9. The van der Waals surface area contributed by atoms with Crippen molar-refractivity contribution in [3.05, 3.63) is 22.7 Å². The second-order valence-corrected chi connectivity index (χ2v) is 4.52. The van der Waals surface area contributed by atoms with Crippen molar-refractivity contribution in [2.75, 3.05) is 7.11 Å². The average molecular weight is 279 g/mol. The highest BCUT2D eigenvalue weighted by Crippen LogP contribution is 2.27. The van der Waals surface area contributed by atoms with Crippen molar-refractivity contribution < 1.29 is 19.4 Å². The number of carbonyl (C=O) groups is 2. The van der Waals surface area contributed by atoms with Crippen LogP contribution in [0.3, 0.4) is 0 Å². The van der Waals surface area contributed by atoms with Gasteiger partial charge < -0.3 is 9.84 Å². The quantitative estimate of drug-likeness (QED) is 0.846. The Hall–Kier alpha value is -2.35. The van der Waals surface area contributed by atoms with Crippen LogP contribution in [0.4, 0.5) is 0 Å². The first-order valence-electron chi connectivity index (χ1n) is 5.16. The van der Waals surface area contributed by atoms with Crippen LogP contribution in [0.25, 0.3) is 10.7 Å². The third-order valence-corrected chi connectivity index (χ3v) is 3.40. The third-order valence-electron chi connectivity index (χ3n) is 2.22.